The Morgan fingerprint density at radius 2 is 2.00 bits per heavy atom. The van der Waals surface area contributed by atoms with E-state index in [1.54, 1.807) is 0 Å². The maximum absolute atomic E-state index is 12.7. The minimum absolute atomic E-state index is 0.0711. The van der Waals surface area contributed by atoms with Crippen molar-refractivity contribution >= 4 is 10.0 Å². The van der Waals surface area contributed by atoms with E-state index in [9.17, 15) is 17.2 Å². The summed E-state index contributed by atoms with van der Waals surface area (Å²) in [6.45, 7) is -1.76. The Morgan fingerprint density at radius 3 is 2.44 bits per heavy atom. The smallest absolute Gasteiger partial charge is 0.273 e. The zero-order chi connectivity index (χ0) is 12.2. The van der Waals surface area contributed by atoms with E-state index in [1.165, 1.54) is 0 Å². The standard InChI is InChI=1S/C9H18F2N2O2S/c10-9(11,6-12)7-13-16(14,15)5-4-8-2-1-3-8/h8,13H,1-7,12H2. The molecule has 0 heterocycles. The zero-order valence-corrected chi connectivity index (χ0v) is 9.90. The van der Waals surface area contributed by atoms with Crippen LogP contribution in [-0.2, 0) is 10.0 Å². The van der Waals surface area contributed by atoms with Gasteiger partial charge in [-0.05, 0) is 12.3 Å². The minimum atomic E-state index is -3.58. The van der Waals surface area contributed by atoms with Crippen LogP contribution in [0.2, 0.25) is 0 Å². The molecule has 7 heteroatoms. The molecule has 0 amide bonds. The molecular weight excluding hydrogens is 238 g/mol. The molecule has 0 aromatic heterocycles. The van der Waals surface area contributed by atoms with Crippen LogP contribution in [0.15, 0.2) is 0 Å². The molecule has 0 aromatic carbocycles. The average Bonchev–Trinajstić information content (AvgIpc) is 2.13. The van der Waals surface area contributed by atoms with Gasteiger partial charge in [0.2, 0.25) is 10.0 Å². The molecule has 0 radical (unpaired) electrons. The fourth-order valence-corrected chi connectivity index (χ4v) is 2.68. The molecule has 1 aliphatic carbocycles. The number of hydrogen-bond donors (Lipinski definition) is 2. The second kappa shape index (κ2) is 5.37. The zero-order valence-electron chi connectivity index (χ0n) is 9.09. The Hall–Kier alpha value is -0.270. The summed E-state index contributed by atoms with van der Waals surface area (Å²) < 4.78 is 50.0. The number of nitrogens with two attached hydrogens (primary N) is 1. The highest BCUT2D eigenvalue weighted by Crippen LogP contribution is 2.29. The summed E-state index contributed by atoms with van der Waals surface area (Å²) in [5, 5.41) is 0. The molecule has 0 spiro atoms. The van der Waals surface area contributed by atoms with Crippen LogP contribution in [-0.4, -0.2) is 33.2 Å². The molecule has 4 nitrogen and oxygen atoms in total. The van der Waals surface area contributed by atoms with Crippen molar-refractivity contribution in [3.63, 3.8) is 0 Å². The van der Waals surface area contributed by atoms with Crippen molar-refractivity contribution in [1.29, 1.82) is 0 Å². The summed E-state index contributed by atoms with van der Waals surface area (Å²) in [6.07, 6.45) is 3.80. The molecule has 0 saturated heterocycles. The third-order valence-electron chi connectivity index (χ3n) is 2.87. The van der Waals surface area contributed by atoms with Gasteiger partial charge < -0.3 is 5.73 Å². The lowest BCUT2D eigenvalue weighted by Crippen LogP contribution is -2.42. The summed E-state index contributed by atoms with van der Waals surface area (Å²) in [4.78, 5) is 0. The second-order valence-electron chi connectivity index (χ2n) is 4.29. The summed E-state index contributed by atoms with van der Waals surface area (Å²) >= 11 is 0. The molecule has 0 unspecified atom stereocenters. The predicted octanol–water partition coefficient (Wildman–Crippen LogP) is 0.690. The van der Waals surface area contributed by atoms with Crippen molar-refractivity contribution in [3.8, 4) is 0 Å². The van der Waals surface area contributed by atoms with Crippen molar-refractivity contribution < 1.29 is 17.2 Å². The molecule has 1 aliphatic rings. The van der Waals surface area contributed by atoms with Gasteiger partial charge in [0.1, 0.15) is 0 Å². The Labute approximate surface area is 94.6 Å². The van der Waals surface area contributed by atoms with E-state index < -0.39 is 29.0 Å². The first-order valence-electron chi connectivity index (χ1n) is 5.40. The first-order valence-corrected chi connectivity index (χ1v) is 7.05. The first-order chi connectivity index (χ1) is 7.35. The van der Waals surface area contributed by atoms with Crippen LogP contribution in [0.4, 0.5) is 8.78 Å². The van der Waals surface area contributed by atoms with Gasteiger partial charge in [0, 0.05) is 0 Å². The number of halogens is 2. The molecule has 1 fully saturated rings. The van der Waals surface area contributed by atoms with Gasteiger partial charge in [-0.3, -0.25) is 0 Å². The van der Waals surface area contributed by atoms with Crippen molar-refractivity contribution in [3.05, 3.63) is 0 Å². The van der Waals surface area contributed by atoms with Crippen molar-refractivity contribution in [1.82, 2.24) is 4.72 Å². The van der Waals surface area contributed by atoms with Crippen LogP contribution in [0.1, 0.15) is 25.7 Å². The van der Waals surface area contributed by atoms with Gasteiger partial charge in [0.25, 0.3) is 5.92 Å². The Kier molecular flexibility index (Phi) is 4.63. The van der Waals surface area contributed by atoms with E-state index in [4.69, 9.17) is 5.73 Å². The highest BCUT2D eigenvalue weighted by Gasteiger charge is 2.29. The van der Waals surface area contributed by atoms with Gasteiger partial charge in [-0.15, -0.1) is 0 Å². The molecule has 96 valence electrons. The Morgan fingerprint density at radius 1 is 1.38 bits per heavy atom. The van der Waals surface area contributed by atoms with Crippen LogP contribution in [0.25, 0.3) is 0 Å². The molecule has 0 aliphatic heterocycles. The van der Waals surface area contributed by atoms with Gasteiger partial charge in [-0.25, -0.2) is 21.9 Å². The fraction of sp³-hybridized carbons (Fsp3) is 1.00. The summed E-state index contributed by atoms with van der Waals surface area (Å²) in [5.41, 5.74) is 4.80. The lowest BCUT2D eigenvalue weighted by Gasteiger charge is -2.25. The van der Waals surface area contributed by atoms with Crippen LogP contribution >= 0.6 is 0 Å². The molecule has 1 rings (SSSR count). The second-order valence-corrected chi connectivity index (χ2v) is 6.21. The number of alkyl halides is 2. The lowest BCUT2D eigenvalue weighted by molar-refractivity contribution is 0.0170. The van der Waals surface area contributed by atoms with Gasteiger partial charge >= 0.3 is 0 Å². The first kappa shape index (κ1) is 13.8. The van der Waals surface area contributed by atoms with Gasteiger partial charge in [0.05, 0.1) is 18.8 Å². The molecular formula is C9H18F2N2O2S. The molecule has 16 heavy (non-hydrogen) atoms. The maximum Gasteiger partial charge on any atom is 0.273 e. The molecule has 0 bridgehead atoms. The van der Waals surface area contributed by atoms with E-state index in [-0.39, 0.29) is 5.75 Å². The summed E-state index contributed by atoms with van der Waals surface area (Å²) in [6, 6.07) is 0. The van der Waals surface area contributed by atoms with E-state index in [0.717, 1.165) is 19.3 Å². The number of rotatable bonds is 7. The maximum atomic E-state index is 12.7. The predicted molar refractivity (Wildman–Crippen MR) is 57.7 cm³/mol. The van der Waals surface area contributed by atoms with Gasteiger partial charge in [0.15, 0.2) is 0 Å². The Bertz CT molecular complexity index is 315. The van der Waals surface area contributed by atoms with Crippen molar-refractivity contribution in [2.45, 2.75) is 31.6 Å². The molecule has 0 aromatic rings. The quantitative estimate of drug-likeness (QED) is 0.704. The van der Waals surface area contributed by atoms with Crippen LogP contribution < -0.4 is 10.5 Å². The molecule has 3 N–H and O–H groups in total. The highest BCUT2D eigenvalue weighted by atomic mass is 32.2. The SMILES string of the molecule is NCC(F)(F)CNS(=O)(=O)CCC1CCC1. The van der Waals surface area contributed by atoms with Crippen molar-refractivity contribution in [2.24, 2.45) is 11.7 Å². The molecule has 1 saturated carbocycles. The third-order valence-corrected chi connectivity index (χ3v) is 4.23. The average molecular weight is 256 g/mol. The Balaban J connectivity index is 2.27. The lowest BCUT2D eigenvalue weighted by atomic mass is 9.84. The summed E-state index contributed by atoms with van der Waals surface area (Å²) in [7, 11) is -3.58. The third kappa shape index (κ3) is 4.71. The summed E-state index contributed by atoms with van der Waals surface area (Å²) in [5.74, 6) is -2.78. The van der Waals surface area contributed by atoms with Crippen LogP contribution in [0, 0.1) is 5.92 Å². The number of sulfonamides is 1. The monoisotopic (exact) mass is 256 g/mol. The van der Waals surface area contributed by atoms with Crippen LogP contribution in [0.3, 0.4) is 0 Å². The van der Waals surface area contributed by atoms with Gasteiger partial charge in [-0.2, -0.15) is 0 Å². The largest absolute Gasteiger partial charge is 0.325 e. The van der Waals surface area contributed by atoms with E-state index >= 15 is 0 Å². The van der Waals surface area contributed by atoms with E-state index in [1.807, 2.05) is 4.72 Å². The van der Waals surface area contributed by atoms with Crippen LogP contribution in [0.5, 0.6) is 0 Å². The fourth-order valence-electron chi connectivity index (χ4n) is 1.46. The highest BCUT2D eigenvalue weighted by molar-refractivity contribution is 7.89. The van der Waals surface area contributed by atoms with E-state index in [0.29, 0.717) is 12.3 Å². The molecule has 0 atom stereocenters. The normalized spacial score (nSPS) is 18.4. The number of hydrogen-bond acceptors (Lipinski definition) is 3. The van der Waals surface area contributed by atoms with Crippen molar-refractivity contribution in [2.75, 3.05) is 18.8 Å². The number of nitrogens with one attached hydrogen (secondary N) is 1. The minimum Gasteiger partial charge on any atom is -0.325 e. The van der Waals surface area contributed by atoms with E-state index in [2.05, 4.69) is 0 Å². The topological polar surface area (TPSA) is 72.2 Å². The van der Waals surface area contributed by atoms with Gasteiger partial charge in [-0.1, -0.05) is 19.3 Å².